The van der Waals surface area contributed by atoms with Gasteiger partial charge < -0.3 is 10.2 Å². The molecule has 2 rings (SSSR count). The van der Waals surface area contributed by atoms with Crippen molar-refractivity contribution in [1.29, 1.82) is 0 Å². The molecule has 0 aliphatic carbocycles. The Kier molecular flexibility index (Phi) is 9.52. The van der Waals surface area contributed by atoms with E-state index in [-0.39, 0.29) is 30.1 Å². The van der Waals surface area contributed by atoms with Crippen LogP contribution >= 0.6 is 0 Å². The lowest BCUT2D eigenvalue weighted by molar-refractivity contribution is -0.143. The standard InChI is InChI=1S/C25H33FN2O2/c1-4-5-9-16-27-24(29)23(17-20-10-7-6-8-11-20)28(25(30)19(2)3)18-21-12-14-22(26)15-13-21/h6-8,10-15,19,23H,4-5,9,16-18H2,1-3H3,(H,27,29). The van der Waals surface area contributed by atoms with Gasteiger partial charge in [0.25, 0.3) is 0 Å². The number of unbranched alkanes of at least 4 members (excludes halogenated alkanes) is 2. The Labute approximate surface area is 179 Å². The highest BCUT2D eigenvalue weighted by Gasteiger charge is 2.31. The van der Waals surface area contributed by atoms with Crippen molar-refractivity contribution in [3.63, 3.8) is 0 Å². The van der Waals surface area contributed by atoms with Gasteiger partial charge in [0.15, 0.2) is 0 Å². The number of carbonyl (C=O) groups is 2. The molecule has 2 aromatic carbocycles. The summed E-state index contributed by atoms with van der Waals surface area (Å²) in [6, 6.07) is 15.2. The van der Waals surface area contributed by atoms with Crippen molar-refractivity contribution in [2.45, 2.75) is 59.0 Å². The van der Waals surface area contributed by atoms with Crippen LogP contribution in [0.2, 0.25) is 0 Å². The number of benzene rings is 2. The molecule has 0 radical (unpaired) electrons. The lowest BCUT2D eigenvalue weighted by Crippen LogP contribution is -2.51. The Morgan fingerprint density at radius 3 is 2.23 bits per heavy atom. The highest BCUT2D eigenvalue weighted by molar-refractivity contribution is 5.88. The van der Waals surface area contributed by atoms with Gasteiger partial charge in [-0.15, -0.1) is 0 Å². The SMILES string of the molecule is CCCCCNC(=O)C(Cc1ccccc1)N(Cc1ccc(F)cc1)C(=O)C(C)C. The highest BCUT2D eigenvalue weighted by atomic mass is 19.1. The van der Waals surface area contributed by atoms with Crippen LogP contribution in [-0.2, 0) is 22.6 Å². The lowest BCUT2D eigenvalue weighted by atomic mass is 10.0. The molecule has 0 aromatic heterocycles. The maximum atomic E-state index is 13.3. The van der Waals surface area contributed by atoms with E-state index >= 15 is 0 Å². The largest absolute Gasteiger partial charge is 0.354 e. The zero-order valence-electron chi connectivity index (χ0n) is 18.2. The number of rotatable bonds is 11. The number of hydrogen-bond donors (Lipinski definition) is 1. The molecule has 0 aliphatic rings. The van der Waals surface area contributed by atoms with Crippen LogP contribution in [0.5, 0.6) is 0 Å². The molecule has 2 amide bonds. The third kappa shape index (κ3) is 7.29. The summed E-state index contributed by atoms with van der Waals surface area (Å²) in [6.07, 6.45) is 3.47. The van der Waals surface area contributed by atoms with Crippen LogP contribution in [0.4, 0.5) is 4.39 Å². The fraction of sp³-hybridized carbons (Fsp3) is 0.440. The third-order valence-electron chi connectivity index (χ3n) is 5.07. The number of nitrogens with zero attached hydrogens (tertiary/aromatic N) is 1. The summed E-state index contributed by atoms with van der Waals surface area (Å²) in [5.41, 5.74) is 1.79. The van der Waals surface area contributed by atoms with E-state index in [2.05, 4.69) is 12.2 Å². The second-order valence-corrected chi connectivity index (χ2v) is 7.95. The van der Waals surface area contributed by atoms with E-state index in [0.29, 0.717) is 13.0 Å². The van der Waals surface area contributed by atoms with Crippen molar-refractivity contribution in [3.8, 4) is 0 Å². The molecule has 0 fully saturated rings. The summed E-state index contributed by atoms with van der Waals surface area (Å²) in [7, 11) is 0. The van der Waals surface area contributed by atoms with Gasteiger partial charge in [-0.05, 0) is 29.7 Å². The maximum absolute atomic E-state index is 13.3. The fourth-order valence-electron chi connectivity index (χ4n) is 3.35. The van der Waals surface area contributed by atoms with Gasteiger partial charge >= 0.3 is 0 Å². The van der Waals surface area contributed by atoms with E-state index in [1.165, 1.54) is 12.1 Å². The van der Waals surface area contributed by atoms with E-state index in [4.69, 9.17) is 0 Å². The lowest BCUT2D eigenvalue weighted by Gasteiger charge is -2.32. The normalized spacial score (nSPS) is 11.9. The molecule has 0 saturated heterocycles. The van der Waals surface area contributed by atoms with Gasteiger partial charge in [-0.1, -0.05) is 76.1 Å². The van der Waals surface area contributed by atoms with Crippen LogP contribution in [0.25, 0.3) is 0 Å². The molecular formula is C25H33FN2O2. The first-order valence-electron chi connectivity index (χ1n) is 10.8. The molecule has 0 aliphatic heterocycles. The van der Waals surface area contributed by atoms with Crippen molar-refractivity contribution in [3.05, 3.63) is 71.5 Å². The molecule has 5 heteroatoms. The van der Waals surface area contributed by atoms with E-state index in [9.17, 15) is 14.0 Å². The van der Waals surface area contributed by atoms with Crippen molar-refractivity contribution < 1.29 is 14.0 Å². The topological polar surface area (TPSA) is 49.4 Å². The van der Waals surface area contributed by atoms with E-state index in [1.54, 1.807) is 17.0 Å². The van der Waals surface area contributed by atoms with Gasteiger partial charge in [0.1, 0.15) is 11.9 Å². The number of hydrogen-bond acceptors (Lipinski definition) is 2. The van der Waals surface area contributed by atoms with Gasteiger partial charge in [0.05, 0.1) is 0 Å². The molecule has 30 heavy (non-hydrogen) atoms. The average molecular weight is 413 g/mol. The second-order valence-electron chi connectivity index (χ2n) is 7.95. The Hall–Kier alpha value is -2.69. The minimum absolute atomic E-state index is 0.0936. The Morgan fingerprint density at radius 2 is 1.63 bits per heavy atom. The molecule has 162 valence electrons. The van der Waals surface area contributed by atoms with E-state index in [1.807, 2.05) is 44.2 Å². The molecule has 2 aromatic rings. The predicted molar refractivity (Wildman–Crippen MR) is 118 cm³/mol. The fourth-order valence-corrected chi connectivity index (χ4v) is 3.35. The zero-order chi connectivity index (χ0) is 21.9. The van der Waals surface area contributed by atoms with Crippen LogP contribution in [-0.4, -0.2) is 29.3 Å². The van der Waals surface area contributed by atoms with Crippen molar-refractivity contribution in [2.75, 3.05) is 6.54 Å². The van der Waals surface area contributed by atoms with Gasteiger partial charge in [0, 0.05) is 25.4 Å². The average Bonchev–Trinajstić information content (AvgIpc) is 2.75. The van der Waals surface area contributed by atoms with Gasteiger partial charge in [-0.25, -0.2) is 4.39 Å². The van der Waals surface area contributed by atoms with Crippen LogP contribution in [0.3, 0.4) is 0 Å². The molecule has 0 heterocycles. The Bertz CT molecular complexity index is 791. The molecule has 0 bridgehead atoms. The first kappa shape index (κ1) is 23.6. The summed E-state index contributed by atoms with van der Waals surface area (Å²) in [5.74, 6) is -0.818. The van der Waals surface area contributed by atoms with Crippen LogP contribution in [0.1, 0.15) is 51.2 Å². The predicted octanol–water partition coefficient (Wildman–Crippen LogP) is 4.73. The minimum atomic E-state index is -0.631. The monoisotopic (exact) mass is 412 g/mol. The third-order valence-corrected chi connectivity index (χ3v) is 5.07. The van der Waals surface area contributed by atoms with Crippen molar-refractivity contribution in [2.24, 2.45) is 5.92 Å². The maximum Gasteiger partial charge on any atom is 0.243 e. The number of carbonyl (C=O) groups excluding carboxylic acids is 2. The molecule has 1 unspecified atom stereocenters. The van der Waals surface area contributed by atoms with Crippen molar-refractivity contribution in [1.82, 2.24) is 10.2 Å². The first-order valence-corrected chi connectivity index (χ1v) is 10.8. The quantitative estimate of drug-likeness (QED) is 0.543. The highest BCUT2D eigenvalue weighted by Crippen LogP contribution is 2.17. The summed E-state index contributed by atoms with van der Waals surface area (Å²) in [4.78, 5) is 27.9. The molecule has 1 atom stereocenters. The van der Waals surface area contributed by atoms with Crippen molar-refractivity contribution >= 4 is 11.8 Å². The van der Waals surface area contributed by atoms with E-state index in [0.717, 1.165) is 30.4 Å². The second kappa shape index (κ2) is 12.1. The van der Waals surface area contributed by atoms with Gasteiger partial charge in [0.2, 0.25) is 11.8 Å². The number of halogens is 1. The van der Waals surface area contributed by atoms with Crippen LogP contribution in [0, 0.1) is 11.7 Å². The Balaban J connectivity index is 2.30. The van der Waals surface area contributed by atoms with E-state index < -0.39 is 6.04 Å². The molecule has 0 saturated carbocycles. The summed E-state index contributed by atoms with van der Waals surface area (Å²) >= 11 is 0. The first-order chi connectivity index (χ1) is 14.4. The molecule has 0 spiro atoms. The summed E-state index contributed by atoms with van der Waals surface area (Å²) in [6.45, 7) is 6.64. The smallest absolute Gasteiger partial charge is 0.243 e. The Morgan fingerprint density at radius 1 is 0.967 bits per heavy atom. The number of amides is 2. The summed E-state index contributed by atoms with van der Waals surface area (Å²) < 4.78 is 13.3. The number of nitrogens with one attached hydrogen (secondary N) is 1. The van der Waals surface area contributed by atoms with Gasteiger partial charge in [-0.3, -0.25) is 9.59 Å². The molecule has 4 nitrogen and oxygen atoms in total. The van der Waals surface area contributed by atoms with Crippen LogP contribution in [0.15, 0.2) is 54.6 Å². The van der Waals surface area contributed by atoms with Gasteiger partial charge in [-0.2, -0.15) is 0 Å². The van der Waals surface area contributed by atoms with Crippen LogP contribution < -0.4 is 5.32 Å². The molecule has 1 N–H and O–H groups in total. The summed E-state index contributed by atoms with van der Waals surface area (Å²) in [5, 5.41) is 3.01. The zero-order valence-corrected chi connectivity index (χ0v) is 18.2. The molecular weight excluding hydrogens is 379 g/mol. The minimum Gasteiger partial charge on any atom is -0.354 e.